The zero-order valence-corrected chi connectivity index (χ0v) is 9.50. The number of benzene rings is 1. The van der Waals surface area contributed by atoms with Crippen molar-refractivity contribution < 1.29 is 0 Å². The Morgan fingerprint density at radius 3 is 2.76 bits per heavy atom. The van der Waals surface area contributed by atoms with E-state index in [1.807, 2.05) is 41.2 Å². The monoisotopic (exact) mass is 226 g/mol. The predicted octanol–water partition coefficient (Wildman–Crippen LogP) is 1.54. The van der Waals surface area contributed by atoms with Gasteiger partial charge in [0.1, 0.15) is 0 Å². The lowest BCUT2D eigenvalue weighted by atomic mass is 10.1. The fourth-order valence-electron chi connectivity index (χ4n) is 1.56. The van der Waals surface area contributed by atoms with Crippen molar-refractivity contribution in [2.24, 2.45) is 0 Å². The average molecular weight is 226 g/mol. The summed E-state index contributed by atoms with van der Waals surface area (Å²) in [5.41, 5.74) is 1.88. The molecule has 0 bridgehead atoms. The Balaban J connectivity index is 1.73. The lowest BCUT2D eigenvalue weighted by Crippen LogP contribution is -2.19. The van der Waals surface area contributed by atoms with Crippen molar-refractivity contribution in [2.45, 2.75) is 13.1 Å². The van der Waals surface area contributed by atoms with Crippen LogP contribution in [0, 0.1) is 11.3 Å². The molecule has 0 aliphatic heterocycles. The van der Waals surface area contributed by atoms with Crippen LogP contribution in [0.2, 0.25) is 0 Å². The van der Waals surface area contributed by atoms with Crippen molar-refractivity contribution >= 4 is 0 Å². The van der Waals surface area contributed by atoms with E-state index in [1.165, 1.54) is 5.56 Å². The maximum Gasteiger partial charge on any atom is 0.0991 e. The Bertz CT molecular complexity index is 479. The van der Waals surface area contributed by atoms with Gasteiger partial charge in [0.15, 0.2) is 0 Å². The number of nitrogens with zero attached hydrogens (tertiary/aromatic N) is 3. The van der Waals surface area contributed by atoms with Gasteiger partial charge in [-0.05, 0) is 23.8 Å². The van der Waals surface area contributed by atoms with Gasteiger partial charge in [0.05, 0.1) is 18.2 Å². The van der Waals surface area contributed by atoms with E-state index < -0.39 is 0 Å². The summed E-state index contributed by atoms with van der Waals surface area (Å²) in [6, 6.07) is 11.6. The second kappa shape index (κ2) is 5.83. The van der Waals surface area contributed by atoms with E-state index in [4.69, 9.17) is 5.26 Å². The van der Waals surface area contributed by atoms with Gasteiger partial charge in [-0.2, -0.15) is 10.4 Å². The van der Waals surface area contributed by atoms with E-state index in [0.717, 1.165) is 19.6 Å². The summed E-state index contributed by atoms with van der Waals surface area (Å²) >= 11 is 0. The first-order valence-corrected chi connectivity index (χ1v) is 5.55. The maximum absolute atomic E-state index is 8.67. The Morgan fingerprint density at radius 2 is 2.12 bits per heavy atom. The van der Waals surface area contributed by atoms with Crippen LogP contribution in [-0.2, 0) is 13.1 Å². The van der Waals surface area contributed by atoms with Crippen LogP contribution in [0.3, 0.4) is 0 Å². The molecule has 1 N–H and O–H groups in total. The highest BCUT2D eigenvalue weighted by Gasteiger charge is 1.94. The average Bonchev–Trinajstić information content (AvgIpc) is 2.88. The highest BCUT2D eigenvalue weighted by Crippen LogP contribution is 2.02. The van der Waals surface area contributed by atoms with Crippen LogP contribution in [0.15, 0.2) is 42.7 Å². The summed E-state index contributed by atoms with van der Waals surface area (Å²) in [5, 5.41) is 16.1. The molecular weight excluding hydrogens is 212 g/mol. The summed E-state index contributed by atoms with van der Waals surface area (Å²) in [6.45, 7) is 2.55. The number of hydrogen-bond acceptors (Lipinski definition) is 3. The Kier molecular flexibility index (Phi) is 3.90. The predicted molar refractivity (Wildman–Crippen MR) is 65.1 cm³/mol. The number of aromatic nitrogens is 2. The van der Waals surface area contributed by atoms with E-state index in [1.54, 1.807) is 6.20 Å². The molecule has 4 heteroatoms. The topological polar surface area (TPSA) is 53.6 Å². The van der Waals surface area contributed by atoms with E-state index in [0.29, 0.717) is 5.56 Å². The molecule has 0 atom stereocenters. The molecule has 1 aromatic carbocycles. The SMILES string of the molecule is N#Cc1ccc(CNCCn2cccn2)cc1. The van der Waals surface area contributed by atoms with E-state index in [2.05, 4.69) is 16.5 Å². The van der Waals surface area contributed by atoms with Crippen molar-refractivity contribution in [1.82, 2.24) is 15.1 Å². The molecule has 0 aliphatic carbocycles. The first kappa shape index (κ1) is 11.4. The standard InChI is InChI=1S/C13H14N4/c14-10-12-2-4-13(5-3-12)11-15-7-9-17-8-1-6-16-17/h1-6,8,15H,7,9,11H2. The van der Waals surface area contributed by atoms with Crippen molar-refractivity contribution in [1.29, 1.82) is 5.26 Å². The smallest absolute Gasteiger partial charge is 0.0991 e. The van der Waals surface area contributed by atoms with Gasteiger partial charge in [0.2, 0.25) is 0 Å². The minimum absolute atomic E-state index is 0.699. The molecule has 1 heterocycles. The molecule has 0 fully saturated rings. The van der Waals surface area contributed by atoms with E-state index >= 15 is 0 Å². The zero-order valence-electron chi connectivity index (χ0n) is 9.50. The van der Waals surface area contributed by atoms with Gasteiger partial charge in [-0.1, -0.05) is 12.1 Å². The molecule has 0 spiro atoms. The molecule has 0 saturated heterocycles. The third-order valence-electron chi connectivity index (χ3n) is 2.49. The normalized spacial score (nSPS) is 10.1. The number of nitriles is 1. The van der Waals surface area contributed by atoms with Gasteiger partial charge in [-0.3, -0.25) is 4.68 Å². The van der Waals surface area contributed by atoms with E-state index in [-0.39, 0.29) is 0 Å². The molecule has 0 amide bonds. The summed E-state index contributed by atoms with van der Waals surface area (Å²) < 4.78 is 1.89. The maximum atomic E-state index is 8.67. The van der Waals surface area contributed by atoms with Gasteiger partial charge in [0.25, 0.3) is 0 Å². The van der Waals surface area contributed by atoms with Gasteiger partial charge in [0, 0.05) is 25.5 Å². The molecule has 0 radical (unpaired) electrons. The minimum atomic E-state index is 0.699. The molecule has 0 saturated carbocycles. The molecule has 2 aromatic rings. The fourth-order valence-corrected chi connectivity index (χ4v) is 1.56. The Labute approximate surface area is 100 Å². The van der Waals surface area contributed by atoms with Crippen molar-refractivity contribution in [3.63, 3.8) is 0 Å². The fraction of sp³-hybridized carbons (Fsp3) is 0.231. The number of nitrogens with one attached hydrogen (secondary N) is 1. The van der Waals surface area contributed by atoms with Gasteiger partial charge < -0.3 is 5.32 Å². The van der Waals surface area contributed by atoms with Crippen LogP contribution >= 0.6 is 0 Å². The lowest BCUT2D eigenvalue weighted by molar-refractivity contribution is 0.555. The summed E-state index contributed by atoms with van der Waals surface area (Å²) in [7, 11) is 0. The van der Waals surface area contributed by atoms with E-state index in [9.17, 15) is 0 Å². The van der Waals surface area contributed by atoms with Crippen LogP contribution in [0.1, 0.15) is 11.1 Å². The van der Waals surface area contributed by atoms with Crippen molar-refractivity contribution in [3.8, 4) is 6.07 Å². The Hall–Kier alpha value is -2.12. The molecule has 86 valence electrons. The number of hydrogen-bond donors (Lipinski definition) is 1. The molecular formula is C13H14N4. The van der Waals surface area contributed by atoms with Crippen LogP contribution in [-0.4, -0.2) is 16.3 Å². The second-order valence-electron chi connectivity index (χ2n) is 3.75. The summed E-state index contributed by atoms with van der Waals surface area (Å²) in [5.74, 6) is 0. The second-order valence-corrected chi connectivity index (χ2v) is 3.75. The third kappa shape index (κ3) is 3.44. The van der Waals surface area contributed by atoms with Crippen LogP contribution in [0.4, 0.5) is 0 Å². The van der Waals surface area contributed by atoms with Gasteiger partial charge in [-0.25, -0.2) is 0 Å². The van der Waals surface area contributed by atoms with Crippen molar-refractivity contribution in [3.05, 3.63) is 53.9 Å². The molecule has 2 rings (SSSR count). The van der Waals surface area contributed by atoms with Gasteiger partial charge >= 0.3 is 0 Å². The number of rotatable bonds is 5. The van der Waals surface area contributed by atoms with Crippen molar-refractivity contribution in [2.75, 3.05) is 6.54 Å². The summed E-state index contributed by atoms with van der Waals surface area (Å²) in [6.07, 6.45) is 3.73. The minimum Gasteiger partial charge on any atom is -0.311 e. The highest BCUT2D eigenvalue weighted by atomic mass is 15.3. The molecule has 17 heavy (non-hydrogen) atoms. The van der Waals surface area contributed by atoms with Crippen LogP contribution in [0.5, 0.6) is 0 Å². The third-order valence-corrected chi connectivity index (χ3v) is 2.49. The lowest BCUT2D eigenvalue weighted by Gasteiger charge is -2.05. The first-order chi connectivity index (χ1) is 8.38. The molecule has 4 nitrogen and oxygen atoms in total. The summed E-state index contributed by atoms with van der Waals surface area (Å²) in [4.78, 5) is 0. The largest absolute Gasteiger partial charge is 0.311 e. The molecule has 0 aliphatic rings. The first-order valence-electron chi connectivity index (χ1n) is 5.55. The molecule has 1 aromatic heterocycles. The van der Waals surface area contributed by atoms with Crippen LogP contribution < -0.4 is 5.32 Å². The molecule has 0 unspecified atom stereocenters. The highest BCUT2D eigenvalue weighted by molar-refractivity contribution is 5.31. The zero-order chi connectivity index (χ0) is 11.9. The quantitative estimate of drug-likeness (QED) is 0.787. The Morgan fingerprint density at radius 1 is 1.29 bits per heavy atom. The van der Waals surface area contributed by atoms with Crippen LogP contribution in [0.25, 0.3) is 0 Å². The van der Waals surface area contributed by atoms with Gasteiger partial charge in [-0.15, -0.1) is 0 Å².